The Morgan fingerprint density at radius 3 is 1.31 bits per heavy atom. The van der Waals surface area contributed by atoms with Crippen LogP contribution in [0.1, 0.15) is 115 Å². The van der Waals surface area contributed by atoms with E-state index >= 15 is 0 Å². The molecule has 0 bridgehead atoms. The molecule has 176 valence electrons. The maximum Gasteiger partial charge on any atom is -0.00988 e. The molecule has 29 heavy (non-hydrogen) atoms. The molecule has 0 heterocycles. The van der Waals surface area contributed by atoms with Crippen molar-refractivity contribution in [1.29, 1.82) is 0 Å². The fourth-order valence-electron chi connectivity index (χ4n) is 1.64. The maximum absolute atomic E-state index is 3.84. The van der Waals surface area contributed by atoms with Crippen molar-refractivity contribution in [3.05, 3.63) is 47.6 Å². The van der Waals surface area contributed by atoms with E-state index in [1.165, 1.54) is 43.4 Å². The van der Waals surface area contributed by atoms with Gasteiger partial charge in [-0.2, -0.15) is 11.8 Å². The van der Waals surface area contributed by atoms with Gasteiger partial charge in [0.05, 0.1) is 0 Å². The van der Waals surface area contributed by atoms with Crippen molar-refractivity contribution < 1.29 is 0 Å². The van der Waals surface area contributed by atoms with Crippen molar-refractivity contribution in [2.75, 3.05) is 12.0 Å². The monoisotopic (exact) mass is 426 g/mol. The number of rotatable bonds is 4. The number of hydrogen-bond donors (Lipinski definition) is 0. The molecule has 0 amide bonds. The lowest BCUT2D eigenvalue weighted by atomic mass is 9.81. The van der Waals surface area contributed by atoms with Gasteiger partial charge in [-0.1, -0.05) is 105 Å². The van der Waals surface area contributed by atoms with E-state index in [1.54, 1.807) is 11.1 Å². The van der Waals surface area contributed by atoms with Gasteiger partial charge >= 0.3 is 0 Å². The number of thioether (sulfide) groups is 1. The lowest BCUT2D eigenvalue weighted by molar-refractivity contribution is 0.558. The minimum absolute atomic E-state index is 0.826. The average molecular weight is 427 g/mol. The molecule has 2 rings (SSSR count). The van der Waals surface area contributed by atoms with Gasteiger partial charge in [0.25, 0.3) is 0 Å². The highest BCUT2D eigenvalue weighted by molar-refractivity contribution is 7.98. The van der Waals surface area contributed by atoms with E-state index in [0.29, 0.717) is 0 Å². The van der Waals surface area contributed by atoms with Gasteiger partial charge in [0.2, 0.25) is 0 Å². The third kappa shape index (κ3) is 38.5. The molecule has 0 fully saturated rings. The lowest BCUT2D eigenvalue weighted by Crippen LogP contribution is -2.05. The SMILES string of the molecule is C/C=C\C.C1=CC2=C1CC2.C=C(C)CC(C)CC.CC.CC.CCC.CCSC. The van der Waals surface area contributed by atoms with Crippen LogP contribution in [0.15, 0.2) is 47.6 Å². The highest BCUT2D eigenvalue weighted by Crippen LogP contribution is 2.36. The lowest BCUT2D eigenvalue weighted by Gasteiger charge is -2.24. The summed E-state index contributed by atoms with van der Waals surface area (Å²) in [7, 11) is 0. The van der Waals surface area contributed by atoms with E-state index in [1.807, 2.05) is 65.5 Å². The predicted molar refractivity (Wildman–Crippen MR) is 147 cm³/mol. The topological polar surface area (TPSA) is 0 Å². The van der Waals surface area contributed by atoms with Gasteiger partial charge in [0.1, 0.15) is 0 Å². The molecule has 0 aliphatic heterocycles. The second kappa shape index (κ2) is 38.0. The van der Waals surface area contributed by atoms with Crippen LogP contribution in [-0.2, 0) is 0 Å². The Labute approximate surface area is 192 Å². The number of allylic oxidation sites excluding steroid dienone is 7. The Hall–Kier alpha value is -0.690. The van der Waals surface area contributed by atoms with Crippen molar-refractivity contribution in [2.45, 2.75) is 115 Å². The summed E-state index contributed by atoms with van der Waals surface area (Å²) in [5.74, 6) is 2.06. The fraction of sp³-hybridized carbons (Fsp3) is 0.714. The van der Waals surface area contributed by atoms with E-state index in [2.05, 4.69) is 66.5 Å². The first-order chi connectivity index (χ1) is 13.9. The van der Waals surface area contributed by atoms with E-state index in [0.717, 1.165) is 5.92 Å². The van der Waals surface area contributed by atoms with Gasteiger partial charge < -0.3 is 0 Å². The summed E-state index contributed by atoms with van der Waals surface area (Å²) in [6, 6.07) is 0. The molecule has 0 saturated carbocycles. The van der Waals surface area contributed by atoms with Crippen molar-refractivity contribution in [3.8, 4) is 0 Å². The second-order valence-corrected chi connectivity index (χ2v) is 7.66. The first-order valence-corrected chi connectivity index (χ1v) is 13.4. The molecule has 0 aromatic rings. The Morgan fingerprint density at radius 2 is 1.28 bits per heavy atom. The highest BCUT2D eigenvalue weighted by atomic mass is 32.2. The van der Waals surface area contributed by atoms with Crippen LogP contribution in [0.4, 0.5) is 0 Å². The first-order valence-electron chi connectivity index (χ1n) is 12.0. The van der Waals surface area contributed by atoms with E-state index in [4.69, 9.17) is 0 Å². The van der Waals surface area contributed by atoms with Gasteiger partial charge in [-0.05, 0) is 69.1 Å². The molecule has 0 aromatic heterocycles. The van der Waals surface area contributed by atoms with Gasteiger partial charge in [-0.25, -0.2) is 0 Å². The molecule has 0 radical (unpaired) electrons. The largest absolute Gasteiger partial charge is 0.166 e. The van der Waals surface area contributed by atoms with Crippen molar-refractivity contribution in [2.24, 2.45) is 5.92 Å². The Balaban J connectivity index is -0.0000000823. The average Bonchev–Trinajstić information content (AvgIpc) is 2.74. The van der Waals surface area contributed by atoms with Gasteiger partial charge in [-0.3, -0.25) is 0 Å². The molecular formula is C28H58S. The molecule has 1 atom stereocenters. The molecule has 1 unspecified atom stereocenters. The smallest absolute Gasteiger partial charge is 0.00988 e. The molecule has 0 saturated heterocycles. The van der Waals surface area contributed by atoms with Crippen LogP contribution in [-0.4, -0.2) is 12.0 Å². The zero-order valence-corrected chi connectivity index (χ0v) is 23.6. The van der Waals surface area contributed by atoms with Crippen LogP contribution in [0.3, 0.4) is 0 Å². The molecule has 2 aliphatic carbocycles. The maximum atomic E-state index is 3.84. The summed E-state index contributed by atoms with van der Waals surface area (Å²) >= 11 is 1.86. The third-order valence-corrected chi connectivity index (χ3v) is 4.16. The Bertz CT molecular complexity index is 350. The molecule has 0 nitrogen and oxygen atoms in total. The molecule has 1 heteroatoms. The summed E-state index contributed by atoms with van der Waals surface area (Å²) in [6.45, 7) is 28.8. The van der Waals surface area contributed by atoms with E-state index in [-0.39, 0.29) is 0 Å². The predicted octanol–water partition coefficient (Wildman–Crippen LogP) is 11.1. The minimum Gasteiger partial charge on any atom is -0.166 e. The van der Waals surface area contributed by atoms with E-state index in [9.17, 15) is 0 Å². The molecule has 0 spiro atoms. The summed E-state index contributed by atoms with van der Waals surface area (Å²) in [5, 5.41) is 0. The highest BCUT2D eigenvalue weighted by Gasteiger charge is 2.17. The summed E-state index contributed by atoms with van der Waals surface area (Å²) in [6.07, 6.45) is 16.9. The fourth-order valence-corrected chi connectivity index (χ4v) is 1.64. The summed E-state index contributed by atoms with van der Waals surface area (Å²) in [4.78, 5) is 0. The summed E-state index contributed by atoms with van der Waals surface area (Å²) in [5.41, 5.74) is 4.52. The Kier molecular flexibility index (Phi) is 50.9. The van der Waals surface area contributed by atoms with Crippen molar-refractivity contribution >= 4 is 11.8 Å². The van der Waals surface area contributed by atoms with Crippen LogP contribution < -0.4 is 0 Å². The zero-order valence-electron chi connectivity index (χ0n) is 22.7. The first kappa shape index (κ1) is 38.9. The van der Waals surface area contributed by atoms with E-state index < -0.39 is 0 Å². The molecule has 2 aliphatic rings. The van der Waals surface area contributed by atoms with Crippen LogP contribution >= 0.6 is 11.8 Å². The van der Waals surface area contributed by atoms with Crippen molar-refractivity contribution in [3.63, 3.8) is 0 Å². The van der Waals surface area contributed by atoms with Crippen LogP contribution in [0.2, 0.25) is 0 Å². The van der Waals surface area contributed by atoms with Gasteiger partial charge in [-0.15, -0.1) is 6.58 Å². The van der Waals surface area contributed by atoms with Crippen LogP contribution in [0.25, 0.3) is 0 Å². The third-order valence-electron chi connectivity index (χ3n) is 3.58. The summed E-state index contributed by atoms with van der Waals surface area (Å²) < 4.78 is 0. The molecule has 0 N–H and O–H groups in total. The van der Waals surface area contributed by atoms with Crippen LogP contribution in [0, 0.1) is 5.92 Å². The van der Waals surface area contributed by atoms with Crippen molar-refractivity contribution in [1.82, 2.24) is 0 Å². The quantitative estimate of drug-likeness (QED) is 0.403. The van der Waals surface area contributed by atoms with Crippen LogP contribution in [0.5, 0.6) is 0 Å². The zero-order chi connectivity index (χ0) is 24.1. The molecular weight excluding hydrogens is 368 g/mol. The standard InChI is InChI=1S/C8H16.C6H6.C4H8.C3H8S.C3H8.2C2H6/c1-5-8(4)6-7(2)3;1-2-6-4-3-5(1)6;2*1-3-4-2;1-3-2;2*1-2/h8H,2,5-6H2,1,3-4H3;1-2H,3-4H2;3-4H,1-2H3;3H2,1-2H3;3H2,1-2H3;2*1-2H3/b;;4-3-;;;;. The molecule has 0 aromatic carbocycles. The number of hydrogen-bond acceptors (Lipinski definition) is 1. The normalized spacial score (nSPS) is 12.3. The van der Waals surface area contributed by atoms with Gasteiger partial charge in [0, 0.05) is 0 Å². The minimum atomic E-state index is 0.826. The Morgan fingerprint density at radius 1 is 0.966 bits per heavy atom. The second-order valence-electron chi connectivity index (χ2n) is 6.51. The van der Waals surface area contributed by atoms with Gasteiger partial charge in [0.15, 0.2) is 0 Å².